The molecule has 0 aromatic carbocycles. The molecule has 0 radical (unpaired) electrons. The summed E-state index contributed by atoms with van der Waals surface area (Å²) < 4.78 is 0. The minimum Gasteiger partial charge on any atom is -0.478 e. The van der Waals surface area contributed by atoms with Crippen molar-refractivity contribution in [1.29, 1.82) is 0 Å². The molecule has 0 heterocycles. The van der Waals surface area contributed by atoms with Crippen molar-refractivity contribution in [3.8, 4) is 0 Å². The lowest BCUT2D eigenvalue weighted by molar-refractivity contribution is -0.131. The number of aliphatic carboxylic acids is 1. The van der Waals surface area contributed by atoms with E-state index in [0.29, 0.717) is 0 Å². The van der Waals surface area contributed by atoms with Gasteiger partial charge >= 0.3 is 5.97 Å². The van der Waals surface area contributed by atoms with Gasteiger partial charge < -0.3 is 5.11 Å². The van der Waals surface area contributed by atoms with E-state index in [9.17, 15) is 4.79 Å². The van der Waals surface area contributed by atoms with Gasteiger partial charge in [-0.15, -0.1) is 0 Å². The average molecular weight is 250 g/mol. The minimum absolute atomic E-state index is 0.910. The molecule has 2 heteroatoms. The summed E-state index contributed by atoms with van der Waals surface area (Å²) in [6, 6.07) is 0. The van der Waals surface area contributed by atoms with Gasteiger partial charge in [-0.25, -0.2) is 4.79 Å². The fraction of sp³-hybridized carbons (Fsp3) is 0.562. The monoisotopic (exact) mass is 250 g/mol. The Kier molecular flexibility index (Phi) is 12.8. The smallest absolute Gasteiger partial charge is 0.328 e. The number of hydrogen-bond donors (Lipinski definition) is 1. The van der Waals surface area contributed by atoms with Crippen LogP contribution in [0.1, 0.15) is 58.3 Å². The lowest BCUT2D eigenvalue weighted by atomic mass is 10.1. The van der Waals surface area contributed by atoms with E-state index in [4.69, 9.17) is 5.11 Å². The van der Waals surface area contributed by atoms with Gasteiger partial charge in [0.25, 0.3) is 0 Å². The van der Waals surface area contributed by atoms with Gasteiger partial charge in [-0.05, 0) is 12.8 Å². The number of rotatable bonds is 11. The summed E-state index contributed by atoms with van der Waals surface area (Å²) in [5, 5.41) is 8.35. The first-order valence-corrected chi connectivity index (χ1v) is 7.00. The first-order chi connectivity index (χ1) is 8.77. The van der Waals surface area contributed by atoms with E-state index in [2.05, 4.69) is 13.0 Å². The Hall–Kier alpha value is -1.31. The molecular formula is C16H26O2. The Morgan fingerprint density at radius 2 is 1.50 bits per heavy atom. The van der Waals surface area contributed by atoms with E-state index in [1.54, 1.807) is 6.08 Å². The molecule has 1 N–H and O–H groups in total. The van der Waals surface area contributed by atoms with Crippen LogP contribution in [0.15, 0.2) is 36.5 Å². The molecule has 0 aliphatic heterocycles. The zero-order valence-electron chi connectivity index (χ0n) is 11.5. The summed E-state index contributed by atoms with van der Waals surface area (Å²) in [6.07, 6.45) is 20.8. The van der Waals surface area contributed by atoms with Crippen LogP contribution in [0, 0.1) is 0 Å². The molecule has 0 amide bonds. The van der Waals surface area contributed by atoms with Crippen molar-refractivity contribution in [2.75, 3.05) is 0 Å². The van der Waals surface area contributed by atoms with E-state index in [1.165, 1.54) is 51.0 Å². The number of allylic oxidation sites excluding steroid dienone is 5. The molecule has 0 unspecified atom stereocenters. The summed E-state index contributed by atoms with van der Waals surface area (Å²) in [7, 11) is 0. The highest BCUT2D eigenvalue weighted by atomic mass is 16.4. The summed E-state index contributed by atoms with van der Waals surface area (Å²) in [5.41, 5.74) is 0. The second-order valence-electron chi connectivity index (χ2n) is 4.42. The predicted molar refractivity (Wildman–Crippen MR) is 77.7 cm³/mol. The third kappa shape index (κ3) is 14.7. The molecule has 0 rings (SSSR count). The van der Waals surface area contributed by atoms with Crippen LogP contribution >= 0.6 is 0 Å². The molecule has 0 saturated heterocycles. The van der Waals surface area contributed by atoms with Gasteiger partial charge in [0.05, 0.1) is 0 Å². The molecule has 0 aliphatic carbocycles. The molecule has 0 aromatic rings. The maximum absolute atomic E-state index is 10.2. The van der Waals surface area contributed by atoms with E-state index < -0.39 is 5.97 Å². The standard InChI is InChI=1S/C16H26O2/c1-2-3-4-5-6-7-8-9-10-11-12-13-14-15-16(17)18/h10-15H,2-9H2,1H3,(H,17,18). The Bertz CT molecular complexity index is 275. The molecule has 102 valence electrons. The molecule has 0 fully saturated rings. The topological polar surface area (TPSA) is 37.3 Å². The van der Waals surface area contributed by atoms with Crippen molar-refractivity contribution in [3.05, 3.63) is 36.5 Å². The Morgan fingerprint density at radius 3 is 2.17 bits per heavy atom. The summed E-state index contributed by atoms with van der Waals surface area (Å²) in [5.74, 6) is -0.910. The van der Waals surface area contributed by atoms with Crippen molar-refractivity contribution in [3.63, 3.8) is 0 Å². The molecule has 0 atom stereocenters. The van der Waals surface area contributed by atoms with Gasteiger partial charge in [-0.1, -0.05) is 75.8 Å². The number of hydrogen-bond acceptors (Lipinski definition) is 1. The lowest BCUT2D eigenvalue weighted by Crippen LogP contribution is -1.84. The molecule has 0 aliphatic rings. The van der Waals surface area contributed by atoms with Gasteiger partial charge in [-0.3, -0.25) is 0 Å². The van der Waals surface area contributed by atoms with Crippen LogP contribution in [0.3, 0.4) is 0 Å². The van der Waals surface area contributed by atoms with Crippen molar-refractivity contribution >= 4 is 5.97 Å². The van der Waals surface area contributed by atoms with Gasteiger partial charge in [-0.2, -0.15) is 0 Å². The second-order valence-corrected chi connectivity index (χ2v) is 4.42. The van der Waals surface area contributed by atoms with Gasteiger partial charge in [0.1, 0.15) is 0 Å². The quantitative estimate of drug-likeness (QED) is 0.322. The van der Waals surface area contributed by atoms with E-state index in [-0.39, 0.29) is 0 Å². The van der Waals surface area contributed by atoms with E-state index in [0.717, 1.165) is 12.5 Å². The minimum atomic E-state index is -0.910. The average Bonchev–Trinajstić information content (AvgIpc) is 2.34. The molecule has 18 heavy (non-hydrogen) atoms. The van der Waals surface area contributed by atoms with Gasteiger partial charge in [0.15, 0.2) is 0 Å². The van der Waals surface area contributed by atoms with Crippen molar-refractivity contribution in [2.45, 2.75) is 58.3 Å². The van der Waals surface area contributed by atoms with Crippen molar-refractivity contribution in [1.82, 2.24) is 0 Å². The second kappa shape index (κ2) is 13.8. The molecular weight excluding hydrogens is 224 g/mol. The Balaban J connectivity index is 3.30. The molecule has 0 spiro atoms. The van der Waals surface area contributed by atoms with Crippen LogP contribution in [-0.2, 0) is 4.79 Å². The SMILES string of the molecule is CCCCCCCCCC=CC=CC=CC(=O)O. The first kappa shape index (κ1) is 16.7. The maximum Gasteiger partial charge on any atom is 0.328 e. The number of carbonyl (C=O) groups is 1. The third-order valence-electron chi connectivity index (χ3n) is 2.68. The highest BCUT2D eigenvalue weighted by molar-refractivity contribution is 5.80. The zero-order chi connectivity index (χ0) is 13.5. The highest BCUT2D eigenvalue weighted by Gasteiger charge is 1.88. The van der Waals surface area contributed by atoms with Crippen molar-refractivity contribution in [2.24, 2.45) is 0 Å². The number of unbranched alkanes of at least 4 members (excludes halogenated alkanes) is 7. The molecule has 0 aromatic heterocycles. The lowest BCUT2D eigenvalue weighted by Gasteiger charge is -1.98. The van der Waals surface area contributed by atoms with Crippen LogP contribution in [0.4, 0.5) is 0 Å². The van der Waals surface area contributed by atoms with Gasteiger partial charge in [0, 0.05) is 6.08 Å². The number of carboxylic acid groups (broad SMARTS) is 1. The fourth-order valence-electron chi connectivity index (χ4n) is 1.66. The van der Waals surface area contributed by atoms with Crippen LogP contribution in [0.25, 0.3) is 0 Å². The summed E-state index contributed by atoms with van der Waals surface area (Å²) >= 11 is 0. The number of carboxylic acids is 1. The summed E-state index contributed by atoms with van der Waals surface area (Å²) in [4.78, 5) is 10.2. The zero-order valence-corrected chi connectivity index (χ0v) is 11.5. The molecule has 0 saturated carbocycles. The molecule has 0 bridgehead atoms. The summed E-state index contributed by atoms with van der Waals surface area (Å²) in [6.45, 7) is 2.24. The van der Waals surface area contributed by atoms with Crippen LogP contribution < -0.4 is 0 Å². The van der Waals surface area contributed by atoms with Gasteiger partial charge in [0.2, 0.25) is 0 Å². The molecule has 2 nitrogen and oxygen atoms in total. The van der Waals surface area contributed by atoms with Crippen LogP contribution in [0.2, 0.25) is 0 Å². The third-order valence-corrected chi connectivity index (χ3v) is 2.68. The predicted octanol–water partition coefficient (Wildman–Crippen LogP) is 4.88. The highest BCUT2D eigenvalue weighted by Crippen LogP contribution is 2.08. The van der Waals surface area contributed by atoms with E-state index >= 15 is 0 Å². The van der Waals surface area contributed by atoms with E-state index in [1.807, 2.05) is 12.2 Å². The first-order valence-electron chi connectivity index (χ1n) is 7.00. The maximum atomic E-state index is 10.2. The Labute approximate surface area is 111 Å². The van der Waals surface area contributed by atoms with Crippen LogP contribution in [-0.4, -0.2) is 11.1 Å². The normalized spacial score (nSPS) is 12.1. The van der Waals surface area contributed by atoms with Crippen LogP contribution in [0.5, 0.6) is 0 Å². The Morgan fingerprint density at radius 1 is 0.889 bits per heavy atom. The largest absolute Gasteiger partial charge is 0.478 e. The fourth-order valence-corrected chi connectivity index (χ4v) is 1.66. The van der Waals surface area contributed by atoms with Crippen molar-refractivity contribution < 1.29 is 9.90 Å².